The summed E-state index contributed by atoms with van der Waals surface area (Å²) in [7, 11) is 0. The summed E-state index contributed by atoms with van der Waals surface area (Å²) in [5.41, 5.74) is 0.552. The quantitative estimate of drug-likeness (QED) is 0.696. The highest BCUT2D eigenvalue weighted by atomic mass is 16.3. The molecule has 0 amide bonds. The van der Waals surface area contributed by atoms with E-state index in [2.05, 4.69) is 6.92 Å². The van der Waals surface area contributed by atoms with Gasteiger partial charge in [0.25, 0.3) is 0 Å². The van der Waals surface area contributed by atoms with Crippen LogP contribution in [0.3, 0.4) is 0 Å². The molecule has 0 bridgehead atoms. The van der Waals surface area contributed by atoms with E-state index < -0.39 is 0 Å². The molecule has 5 rings (SSSR count). The van der Waals surface area contributed by atoms with Crippen molar-refractivity contribution >= 4 is 5.78 Å². The van der Waals surface area contributed by atoms with E-state index in [1.165, 1.54) is 51.4 Å². The molecule has 2 nitrogen and oxygen atoms in total. The highest BCUT2D eigenvalue weighted by molar-refractivity contribution is 5.86. The number of carbonyl (C=O) groups excluding carboxylic acids is 1. The molecule has 0 aromatic rings. The number of rotatable bonds is 0. The van der Waals surface area contributed by atoms with Gasteiger partial charge in [0.2, 0.25) is 0 Å². The lowest BCUT2D eigenvalue weighted by molar-refractivity contribution is -0.158. The van der Waals surface area contributed by atoms with Crippen molar-refractivity contribution in [2.75, 3.05) is 0 Å². The fourth-order valence-corrected chi connectivity index (χ4v) is 8.74. The first-order valence-corrected chi connectivity index (χ1v) is 10.8. The molecule has 0 aromatic heterocycles. The molecule has 5 saturated carbocycles. The maximum absolute atomic E-state index is 13.1. The molecule has 24 heavy (non-hydrogen) atoms. The first kappa shape index (κ1) is 15.9. The number of hydrogen-bond donors (Lipinski definition) is 1. The van der Waals surface area contributed by atoms with Gasteiger partial charge in [-0.1, -0.05) is 6.92 Å². The lowest BCUT2D eigenvalue weighted by Crippen LogP contribution is -2.57. The van der Waals surface area contributed by atoms with Crippen molar-refractivity contribution in [3.63, 3.8) is 0 Å². The number of hydrogen-bond acceptors (Lipinski definition) is 2. The highest BCUT2D eigenvalue weighted by Gasteiger charge is 2.64. The van der Waals surface area contributed by atoms with Crippen LogP contribution < -0.4 is 0 Å². The molecule has 0 aliphatic heterocycles. The van der Waals surface area contributed by atoms with Gasteiger partial charge in [-0.25, -0.2) is 0 Å². The molecule has 0 saturated heterocycles. The monoisotopic (exact) mass is 330 g/mol. The predicted octanol–water partition coefficient (Wildman–Crippen LogP) is 4.74. The summed E-state index contributed by atoms with van der Waals surface area (Å²) in [6.07, 6.45) is 14.4. The Morgan fingerprint density at radius 2 is 1.75 bits per heavy atom. The number of carbonyl (C=O) groups is 1. The summed E-state index contributed by atoms with van der Waals surface area (Å²) in [6.45, 7) is 2.55. The van der Waals surface area contributed by atoms with Crippen molar-refractivity contribution in [1.82, 2.24) is 0 Å². The van der Waals surface area contributed by atoms with Crippen molar-refractivity contribution in [3.8, 4) is 0 Å². The Bertz CT molecular complexity index is 542. The second-order valence-corrected chi connectivity index (χ2v) is 10.3. The Labute approximate surface area is 146 Å². The SMILES string of the molecule is C[C@]12CC[C@@H](O)C[C@@H]1CCC1C3CCC4CCCC(=O)C43CCC12. The smallest absolute Gasteiger partial charge is 0.139 e. The average Bonchev–Trinajstić information content (AvgIpc) is 2.97. The van der Waals surface area contributed by atoms with Crippen molar-refractivity contribution in [2.45, 2.75) is 90.1 Å². The molecule has 0 heterocycles. The molecule has 134 valence electrons. The minimum atomic E-state index is -0.0506. The fourth-order valence-electron chi connectivity index (χ4n) is 8.74. The average molecular weight is 331 g/mol. The van der Waals surface area contributed by atoms with E-state index >= 15 is 0 Å². The van der Waals surface area contributed by atoms with Gasteiger partial charge in [0.05, 0.1) is 6.10 Å². The van der Waals surface area contributed by atoms with Gasteiger partial charge in [0.15, 0.2) is 0 Å². The summed E-state index contributed by atoms with van der Waals surface area (Å²) >= 11 is 0. The van der Waals surface area contributed by atoms with Crippen LogP contribution in [0.1, 0.15) is 84.0 Å². The molecule has 5 aliphatic rings. The number of aliphatic hydroxyl groups excluding tert-OH is 1. The minimum absolute atomic E-state index is 0.0506. The summed E-state index contributed by atoms with van der Waals surface area (Å²) in [6, 6.07) is 0. The van der Waals surface area contributed by atoms with Crippen LogP contribution in [-0.2, 0) is 4.79 Å². The Balaban J connectivity index is 1.48. The van der Waals surface area contributed by atoms with Gasteiger partial charge in [0, 0.05) is 11.8 Å². The molecule has 5 unspecified atom stereocenters. The third-order valence-electron chi connectivity index (χ3n) is 9.80. The zero-order valence-corrected chi connectivity index (χ0v) is 15.3. The zero-order valence-electron chi connectivity index (χ0n) is 15.3. The summed E-state index contributed by atoms with van der Waals surface area (Å²) in [5.74, 6) is 4.46. The highest BCUT2D eigenvalue weighted by Crippen LogP contribution is 2.69. The van der Waals surface area contributed by atoms with E-state index in [-0.39, 0.29) is 11.5 Å². The largest absolute Gasteiger partial charge is 0.393 e. The Morgan fingerprint density at radius 1 is 0.917 bits per heavy atom. The molecule has 0 aromatic carbocycles. The van der Waals surface area contributed by atoms with Crippen LogP contribution in [0.15, 0.2) is 0 Å². The minimum Gasteiger partial charge on any atom is -0.393 e. The van der Waals surface area contributed by atoms with Gasteiger partial charge in [-0.15, -0.1) is 0 Å². The number of fused-ring (bicyclic) bond motifs is 4. The fraction of sp³-hybridized carbons (Fsp3) is 0.955. The number of ketones is 1. The van der Waals surface area contributed by atoms with E-state index in [0.29, 0.717) is 17.1 Å². The van der Waals surface area contributed by atoms with E-state index in [1.54, 1.807) is 0 Å². The molecule has 1 spiro atoms. The van der Waals surface area contributed by atoms with Crippen LogP contribution in [0, 0.1) is 40.4 Å². The van der Waals surface area contributed by atoms with E-state index in [9.17, 15) is 9.90 Å². The molecular formula is C22H34O2. The van der Waals surface area contributed by atoms with E-state index in [1.807, 2.05) is 0 Å². The zero-order chi connectivity index (χ0) is 16.5. The second kappa shape index (κ2) is 5.32. The molecule has 5 fully saturated rings. The van der Waals surface area contributed by atoms with E-state index in [0.717, 1.165) is 49.4 Å². The van der Waals surface area contributed by atoms with Crippen LogP contribution in [0.2, 0.25) is 0 Å². The van der Waals surface area contributed by atoms with Crippen molar-refractivity contribution in [2.24, 2.45) is 40.4 Å². The van der Waals surface area contributed by atoms with Crippen LogP contribution in [0.4, 0.5) is 0 Å². The standard InChI is InChI=1S/C22H34O2/c1-21-11-9-16(23)13-15(21)5-7-17-18(21)10-12-22-14(6-8-19(17)22)3-2-4-20(22)24/h14-19,23H,2-13H2,1H3/t14?,15-,16+,17?,18?,19?,21-,22?/m0/s1. The molecule has 0 radical (unpaired) electrons. The normalized spacial score (nSPS) is 56.8. The van der Waals surface area contributed by atoms with Gasteiger partial charge in [-0.05, 0) is 106 Å². The summed E-state index contributed by atoms with van der Waals surface area (Å²) in [4.78, 5) is 13.1. The Hall–Kier alpha value is -0.370. The lowest BCUT2D eigenvalue weighted by atomic mass is 9.43. The third-order valence-corrected chi connectivity index (χ3v) is 9.80. The van der Waals surface area contributed by atoms with E-state index in [4.69, 9.17) is 0 Å². The molecule has 2 heteroatoms. The van der Waals surface area contributed by atoms with Gasteiger partial charge in [-0.3, -0.25) is 4.79 Å². The maximum Gasteiger partial charge on any atom is 0.139 e. The Kier molecular flexibility index (Phi) is 3.51. The van der Waals surface area contributed by atoms with Gasteiger partial charge < -0.3 is 5.11 Å². The second-order valence-electron chi connectivity index (χ2n) is 10.3. The van der Waals surface area contributed by atoms with Gasteiger partial charge in [0.1, 0.15) is 5.78 Å². The summed E-state index contributed by atoms with van der Waals surface area (Å²) in [5, 5.41) is 10.2. The lowest BCUT2D eigenvalue weighted by Gasteiger charge is -2.61. The van der Waals surface area contributed by atoms with Crippen LogP contribution in [0.5, 0.6) is 0 Å². The Morgan fingerprint density at radius 3 is 2.62 bits per heavy atom. The topological polar surface area (TPSA) is 37.3 Å². The maximum atomic E-state index is 13.1. The van der Waals surface area contributed by atoms with Crippen molar-refractivity contribution in [1.29, 1.82) is 0 Å². The van der Waals surface area contributed by atoms with Gasteiger partial charge >= 0.3 is 0 Å². The predicted molar refractivity (Wildman–Crippen MR) is 94.4 cm³/mol. The molecular weight excluding hydrogens is 296 g/mol. The number of aliphatic hydroxyl groups is 1. The number of Topliss-reactive ketones (excluding diaryl/α,β-unsaturated/α-hetero) is 1. The van der Waals surface area contributed by atoms with Gasteiger partial charge in [-0.2, -0.15) is 0 Å². The summed E-state index contributed by atoms with van der Waals surface area (Å²) < 4.78 is 0. The van der Waals surface area contributed by atoms with Crippen LogP contribution in [-0.4, -0.2) is 17.0 Å². The first-order valence-electron chi connectivity index (χ1n) is 10.8. The molecule has 5 aliphatic carbocycles. The van der Waals surface area contributed by atoms with Crippen LogP contribution in [0.25, 0.3) is 0 Å². The molecule has 8 atom stereocenters. The molecule has 1 N–H and O–H groups in total. The van der Waals surface area contributed by atoms with Crippen LogP contribution >= 0.6 is 0 Å². The van der Waals surface area contributed by atoms with Crippen molar-refractivity contribution < 1.29 is 9.90 Å². The first-order chi connectivity index (χ1) is 11.6. The third kappa shape index (κ3) is 1.90. The van der Waals surface area contributed by atoms with Crippen molar-refractivity contribution in [3.05, 3.63) is 0 Å².